The molecule has 0 fully saturated rings. The lowest BCUT2D eigenvalue weighted by atomic mass is 10.2. The van der Waals surface area contributed by atoms with Crippen LogP contribution in [0.25, 0.3) is 0 Å². The highest BCUT2D eigenvalue weighted by molar-refractivity contribution is 5.79. The lowest BCUT2D eigenvalue weighted by Crippen LogP contribution is -2.37. The summed E-state index contributed by atoms with van der Waals surface area (Å²) in [5.41, 5.74) is 0.735. The standard InChI is InChI=1S/C19H21NO6/c1-3-25-18(22)13-20(12-14-4-6-15(21)7-5-14)19(23)26-17-10-8-16(24-2)9-11-17/h4-11,21H,3,12-13H2,1-2H3. The maximum Gasteiger partial charge on any atom is 0.416 e. The Balaban J connectivity index is 2.10. The average Bonchev–Trinajstić information content (AvgIpc) is 2.63. The first kappa shape index (κ1) is 19.1. The molecule has 0 atom stereocenters. The van der Waals surface area contributed by atoms with E-state index in [4.69, 9.17) is 14.2 Å². The summed E-state index contributed by atoms with van der Waals surface area (Å²) in [5.74, 6) is 0.553. The summed E-state index contributed by atoms with van der Waals surface area (Å²) >= 11 is 0. The molecule has 138 valence electrons. The largest absolute Gasteiger partial charge is 0.508 e. The van der Waals surface area contributed by atoms with Gasteiger partial charge in [-0.1, -0.05) is 12.1 Å². The summed E-state index contributed by atoms with van der Waals surface area (Å²) in [5, 5.41) is 9.36. The highest BCUT2D eigenvalue weighted by atomic mass is 16.6. The molecule has 7 nitrogen and oxygen atoms in total. The Labute approximate surface area is 151 Å². The quantitative estimate of drug-likeness (QED) is 0.765. The van der Waals surface area contributed by atoms with Gasteiger partial charge in [-0.2, -0.15) is 0 Å². The van der Waals surface area contributed by atoms with Crippen molar-refractivity contribution in [2.75, 3.05) is 20.3 Å². The van der Waals surface area contributed by atoms with Crippen LogP contribution in [0.3, 0.4) is 0 Å². The molecule has 0 spiro atoms. The van der Waals surface area contributed by atoms with Gasteiger partial charge in [0.15, 0.2) is 0 Å². The topological polar surface area (TPSA) is 85.3 Å². The smallest absolute Gasteiger partial charge is 0.416 e. The molecule has 2 aromatic carbocycles. The second kappa shape index (κ2) is 9.31. The van der Waals surface area contributed by atoms with E-state index in [1.165, 1.54) is 17.0 Å². The molecule has 0 aliphatic rings. The third kappa shape index (κ3) is 5.70. The van der Waals surface area contributed by atoms with Crippen molar-refractivity contribution in [3.05, 3.63) is 54.1 Å². The Bertz CT molecular complexity index is 727. The van der Waals surface area contributed by atoms with Crippen molar-refractivity contribution in [1.29, 1.82) is 0 Å². The summed E-state index contributed by atoms with van der Waals surface area (Å²) in [4.78, 5) is 25.5. The monoisotopic (exact) mass is 359 g/mol. The first-order chi connectivity index (χ1) is 12.5. The SMILES string of the molecule is CCOC(=O)CN(Cc1ccc(O)cc1)C(=O)Oc1ccc(OC)cc1. The highest BCUT2D eigenvalue weighted by Crippen LogP contribution is 2.19. The Hall–Kier alpha value is -3.22. The highest BCUT2D eigenvalue weighted by Gasteiger charge is 2.20. The van der Waals surface area contributed by atoms with Crippen LogP contribution in [0.4, 0.5) is 4.79 Å². The molecule has 2 rings (SSSR count). The van der Waals surface area contributed by atoms with Gasteiger partial charge in [0.05, 0.1) is 13.7 Å². The number of carbonyl (C=O) groups is 2. The second-order valence-corrected chi connectivity index (χ2v) is 5.37. The van der Waals surface area contributed by atoms with Gasteiger partial charge in [0.25, 0.3) is 0 Å². The minimum Gasteiger partial charge on any atom is -0.508 e. The Morgan fingerprint density at radius 2 is 1.62 bits per heavy atom. The van der Waals surface area contributed by atoms with Crippen LogP contribution >= 0.6 is 0 Å². The molecule has 0 aliphatic carbocycles. The summed E-state index contributed by atoms with van der Waals surface area (Å²) in [6.45, 7) is 1.80. The van der Waals surface area contributed by atoms with Crippen molar-refractivity contribution >= 4 is 12.1 Å². The Morgan fingerprint density at radius 1 is 1.00 bits per heavy atom. The second-order valence-electron chi connectivity index (χ2n) is 5.37. The zero-order valence-electron chi connectivity index (χ0n) is 14.7. The van der Waals surface area contributed by atoms with E-state index in [0.29, 0.717) is 11.5 Å². The lowest BCUT2D eigenvalue weighted by Gasteiger charge is -2.21. The number of amides is 1. The number of esters is 1. The minimum atomic E-state index is -0.684. The van der Waals surface area contributed by atoms with Crippen molar-refractivity contribution in [3.8, 4) is 17.2 Å². The lowest BCUT2D eigenvalue weighted by molar-refractivity contribution is -0.144. The van der Waals surface area contributed by atoms with E-state index in [2.05, 4.69) is 0 Å². The fourth-order valence-electron chi connectivity index (χ4n) is 2.18. The normalized spacial score (nSPS) is 10.1. The predicted octanol–water partition coefficient (Wildman–Crippen LogP) is 2.96. The van der Waals surface area contributed by atoms with Gasteiger partial charge in [0.2, 0.25) is 0 Å². The molecule has 1 N–H and O–H groups in total. The number of benzene rings is 2. The maximum absolute atomic E-state index is 12.5. The molecule has 2 aromatic rings. The molecular weight excluding hydrogens is 338 g/mol. The summed E-state index contributed by atoms with van der Waals surface area (Å²) in [6, 6.07) is 12.9. The number of ether oxygens (including phenoxy) is 3. The van der Waals surface area contributed by atoms with Gasteiger partial charge in [-0.05, 0) is 48.9 Å². The zero-order valence-corrected chi connectivity index (χ0v) is 14.7. The van der Waals surface area contributed by atoms with Crippen LogP contribution in [0.5, 0.6) is 17.2 Å². The van der Waals surface area contributed by atoms with Crippen molar-refractivity contribution in [2.45, 2.75) is 13.5 Å². The van der Waals surface area contributed by atoms with Gasteiger partial charge in [-0.3, -0.25) is 9.69 Å². The van der Waals surface area contributed by atoms with Gasteiger partial charge in [-0.25, -0.2) is 4.79 Å². The van der Waals surface area contributed by atoms with Crippen molar-refractivity contribution in [3.63, 3.8) is 0 Å². The number of nitrogens with zero attached hydrogens (tertiary/aromatic N) is 1. The molecule has 0 heterocycles. The molecule has 1 amide bonds. The third-order valence-electron chi connectivity index (χ3n) is 3.46. The van der Waals surface area contributed by atoms with Crippen LogP contribution in [0.2, 0.25) is 0 Å². The van der Waals surface area contributed by atoms with E-state index in [0.717, 1.165) is 5.56 Å². The maximum atomic E-state index is 12.5. The van der Waals surface area contributed by atoms with Crippen LogP contribution in [0.15, 0.2) is 48.5 Å². The van der Waals surface area contributed by atoms with E-state index < -0.39 is 12.1 Å². The Kier molecular flexibility index (Phi) is 6.84. The fraction of sp³-hybridized carbons (Fsp3) is 0.263. The van der Waals surface area contributed by atoms with Gasteiger partial charge >= 0.3 is 12.1 Å². The summed E-state index contributed by atoms with van der Waals surface area (Å²) in [7, 11) is 1.54. The van der Waals surface area contributed by atoms with Crippen LogP contribution in [0.1, 0.15) is 12.5 Å². The molecule has 0 saturated heterocycles. The Morgan fingerprint density at radius 3 is 2.19 bits per heavy atom. The number of carbonyl (C=O) groups excluding carboxylic acids is 2. The van der Waals surface area contributed by atoms with Gasteiger partial charge in [-0.15, -0.1) is 0 Å². The number of phenols is 1. The zero-order chi connectivity index (χ0) is 18.9. The van der Waals surface area contributed by atoms with Crippen molar-refractivity contribution < 1.29 is 28.9 Å². The molecule has 7 heteroatoms. The number of rotatable bonds is 7. The molecule has 0 aromatic heterocycles. The molecule has 0 unspecified atom stereocenters. The molecule has 0 bridgehead atoms. The minimum absolute atomic E-state index is 0.117. The van der Waals surface area contributed by atoms with Crippen molar-refractivity contribution in [1.82, 2.24) is 4.90 Å². The number of phenolic OH excluding ortho intramolecular Hbond substituents is 1. The van der Waals surface area contributed by atoms with Crippen LogP contribution in [0, 0.1) is 0 Å². The van der Waals surface area contributed by atoms with E-state index in [-0.39, 0.29) is 25.4 Å². The van der Waals surface area contributed by atoms with Gasteiger partial charge in [0, 0.05) is 6.54 Å². The molecular formula is C19H21NO6. The van der Waals surface area contributed by atoms with E-state index in [1.54, 1.807) is 50.4 Å². The average molecular weight is 359 g/mol. The first-order valence-corrected chi connectivity index (χ1v) is 8.06. The summed E-state index contributed by atoms with van der Waals surface area (Å²) in [6.07, 6.45) is -0.684. The van der Waals surface area contributed by atoms with Gasteiger partial charge in [0.1, 0.15) is 23.8 Å². The third-order valence-corrected chi connectivity index (χ3v) is 3.46. The molecule has 26 heavy (non-hydrogen) atoms. The number of hydrogen-bond acceptors (Lipinski definition) is 6. The summed E-state index contributed by atoms with van der Waals surface area (Å²) < 4.78 is 15.3. The van der Waals surface area contributed by atoms with Crippen molar-refractivity contribution in [2.24, 2.45) is 0 Å². The van der Waals surface area contributed by atoms with E-state index in [1.807, 2.05) is 0 Å². The predicted molar refractivity (Wildman–Crippen MR) is 94.2 cm³/mol. The fourth-order valence-corrected chi connectivity index (χ4v) is 2.18. The van der Waals surface area contributed by atoms with E-state index in [9.17, 15) is 14.7 Å². The van der Waals surface area contributed by atoms with Crippen LogP contribution in [-0.4, -0.2) is 42.3 Å². The molecule has 0 saturated carbocycles. The van der Waals surface area contributed by atoms with Gasteiger partial charge < -0.3 is 19.3 Å². The molecule has 0 radical (unpaired) electrons. The first-order valence-electron chi connectivity index (χ1n) is 8.06. The number of hydrogen-bond donors (Lipinski definition) is 1. The number of aromatic hydroxyl groups is 1. The number of methoxy groups -OCH3 is 1. The van der Waals surface area contributed by atoms with Crippen LogP contribution < -0.4 is 9.47 Å². The molecule has 0 aliphatic heterocycles. The van der Waals surface area contributed by atoms with Crippen LogP contribution in [-0.2, 0) is 16.1 Å². The van der Waals surface area contributed by atoms with E-state index >= 15 is 0 Å².